The maximum Gasteiger partial charge on any atom is 0.255 e. The summed E-state index contributed by atoms with van der Waals surface area (Å²) in [6.07, 6.45) is 0.825. The average Bonchev–Trinajstić information content (AvgIpc) is 2.88. The number of aromatic nitrogens is 2. The lowest BCUT2D eigenvalue weighted by molar-refractivity contribution is 0.102. The van der Waals surface area contributed by atoms with E-state index in [1.54, 1.807) is 25.3 Å². The maximum atomic E-state index is 12.6. The van der Waals surface area contributed by atoms with Crippen molar-refractivity contribution in [2.24, 2.45) is 0 Å². The maximum absolute atomic E-state index is 12.6. The number of nitrogens with zero attached hydrogens (tertiary/aromatic N) is 1. The molecule has 7 heteroatoms. The van der Waals surface area contributed by atoms with Gasteiger partial charge in [-0.2, -0.15) is 0 Å². The lowest BCUT2D eigenvalue weighted by atomic mass is 10.1. The van der Waals surface area contributed by atoms with Crippen LogP contribution in [0.25, 0.3) is 11.0 Å². The fourth-order valence-corrected chi connectivity index (χ4v) is 2.85. The zero-order valence-electron chi connectivity index (χ0n) is 14.4. The number of anilines is 1. The van der Waals surface area contributed by atoms with Crippen LogP contribution in [0.15, 0.2) is 36.4 Å². The van der Waals surface area contributed by atoms with E-state index in [0.717, 1.165) is 23.3 Å². The van der Waals surface area contributed by atoms with Crippen LogP contribution in [-0.2, 0) is 11.3 Å². The van der Waals surface area contributed by atoms with E-state index in [2.05, 4.69) is 15.3 Å². The minimum Gasteiger partial charge on any atom is -0.490 e. The van der Waals surface area contributed by atoms with Crippen LogP contribution < -0.4 is 14.8 Å². The van der Waals surface area contributed by atoms with Gasteiger partial charge in [0.1, 0.15) is 12.4 Å². The van der Waals surface area contributed by atoms with Gasteiger partial charge in [0.2, 0.25) is 0 Å². The standard InChI is InChI=1S/C19H19N3O4/c1-24-11-18-21-14-5-4-13(10-15(14)22-18)20-19(23)12-3-6-16-17(9-12)26-8-2-7-25-16/h3-6,9-10H,2,7-8,11H2,1H3,(H,20,23)(H,21,22). The van der Waals surface area contributed by atoms with Crippen molar-refractivity contribution in [2.75, 3.05) is 25.6 Å². The Morgan fingerprint density at radius 2 is 2.04 bits per heavy atom. The molecule has 0 aliphatic carbocycles. The van der Waals surface area contributed by atoms with Gasteiger partial charge in [-0.25, -0.2) is 4.98 Å². The SMILES string of the molecule is COCc1nc2ccc(NC(=O)c3ccc4c(c3)OCCCO4)cc2[nH]1. The third-order valence-corrected chi connectivity index (χ3v) is 4.08. The first-order valence-electron chi connectivity index (χ1n) is 8.41. The van der Waals surface area contributed by atoms with Crippen LogP contribution in [0.2, 0.25) is 0 Å². The molecule has 1 aliphatic rings. The molecule has 7 nitrogen and oxygen atoms in total. The number of imidazole rings is 1. The molecule has 2 N–H and O–H groups in total. The zero-order chi connectivity index (χ0) is 17.9. The molecular formula is C19H19N3O4. The highest BCUT2D eigenvalue weighted by molar-refractivity contribution is 6.05. The Hall–Kier alpha value is -3.06. The number of carbonyl (C=O) groups excluding carboxylic acids is 1. The second-order valence-corrected chi connectivity index (χ2v) is 6.01. The third kappa shape index (κ3) is 3.34. The van der Waals surface area contributed by atoms with Gasteiger partial charge in [-0.3, -0.25) is 4.79 Å². The number of amides is 1. The molecule has 2 heterocycles. The van der Waals surface area contributed by atoms with Crippen LogP contribution >= 0.6 is 0 Å². The number of nitrogens with one attached hydrogen (secondary N) is 2. The smallest absolute Gasteiger partial charge is 0.255 e. The van der Waals surface area contributed by atoms with Gasteiger partial charge in [0, 0.05) is 24.8 Å². The number of H-pyrrole nitrogens is 1. The van der Waals surface area contributed by atoms with E-state index in [9.17, 15) is 4.79 Å². The summed E-state index contributed by atoms with van der Waals surface area (Å²) in [4.78, 5) is 20.2. The molecule has 0 saturated heterocycles. The number of fused-ring (bicyclic) bond motifs is 2. The topological polar surface area (TPSA) is 85.5 Å². The Morgan fingerprint density at radius 1 is 1.19 bits per heavy atom. The largest absolute Gasteiger partial charge is 0.490 e. The second-order valence-electron chi connectivity index (χ2n) is 6.01. The zero-order valence-corrected chi connectivity index (χ0v) is 14.4. The molecule has 1 aliphatic heterocycles. The number of carbonyl (C=O) groups is 1. The van der Waals surface area contributed by atoms with Crippen molar-refractivity contribution in [3.63, 3.8) is 0 Å². The summed E-state index contributed by atoms with van der Waals surface area (Å²) in [6, 6.07) is 10.7. The van der Waals surface area contributed by atoms with Crippen molar-refractivity contribution in [3.8, 4) is 11.5 Å². The molecule has 26 heavy (non-hydrogen) atoms. The van der Waals surface area contributed by atoms with Gasteiger partial charge < -0.3 is 24.5 Å². The summed E-state index contributed by atoms with van der Waals surface area (Å²) in [5.41, 5.74) is 2.86. The van der Waals surface area contributed by atoms with Crippen LogP contribution in [0, 0.1) is 0 Å². The van der Waals surface area contributed by atoms with Crippen LogP contribution in [0.3, 0.4) is 0 Å². The Labute approximate surface area is 150 Å². The van der Waals surface area contributed by atoms with Crippen LogP contribution in [0.1, 0.15) is 22.6 Å². The minimum atomic E-state index is -0.211. The number of methoxy groups -OCH3 is 1. The van der Waals surface area contributed by atoms with Crippen molar-refractivity contribution in [1.29, 1.82) is 0 Å². The third-order valence-electron chi connectivity index (χ3n) is 4.08. The lowest BCUT2D eigenvalue weighted by Gasteiger charge is -2.10. The first-order valence-corrected chi connectivity index (χ1v) is 8.41. The number of aromatic amines is 1. The molecule has 1 aromatic heterocycles. The summed E-state index contributed by atoms with van der Waals surface area (Å²) < 4.78 is 16.3. The van der Waals surface area contributed by atoms with Gasteiger partial charge in [0.15, 0.2) is 11.5 Å². The molecule has 0 bridgehead atoms. The Bertz CT molecular complexity index is 951. The highest BCUT2D eigenvalue weighted by atomic mass is 16.5. The normalized spacial score (nSPS) is 13.4. The van der Waals surface area contributed by atoms with Crippen molar-refractivity contribution in [3.05, 3.63) is 47.8 Å². The number of rotatable bonds is 4. The van der Waals surface area contributed by atoms with Crippen molar-refractivity contribution >= 4 is 22.6 Å². The Balaban J connectivity index is 1.54. The van der Waals surface area contributed by atoms with Gasteiger partial charge >= 0.3 is 0 Å². The first-order chi connectivity index (χ1) is 12.7. The molecule has 0 atom stereocenters. The molecule has 4 rings (SSSR count). The predicted octanol–water partition coefficient (Wildman–Crippen LogP) is 3.12. The van der Waals surface area contributed by atoms with Gasteiger partial charge in [0.25, 0.3) is 5.91 Å². The monoisotopic (exact) mass is 353 g/mol. The van der Waals surface area contributed by atoms with Crippen LogP contribution in [-0.4, -0.2) is 36.2 Å². The molecular weight excluding hydrogens is 334 g/mol. The van der Waals surface area contributed by atoms with Gasteiger partial charge in [-0.15, -0.1) is 0 Å². The fraction of sp³-hybridized carbons (Fsp3) is 0.263. The summed E-state index contributed by atoms with van der Waals surface area (Å²) in [6.45, 7) is 1.61. The molecule has 0 spiro atoms. The molecule has 1 amide bonds. The Morgan fingerprint density at radius 3 is 2.88 bits per heavy atom. The predicted molar refractivity (Wildman–Crippen MR) is 96.8 cm³/mol. The van der Waals surface area contributed by atoms with Gasteiger partial charge in [-0.1, -0.05) is 0 Å². The molecule has 134 valence electrons. The summed E-state index contributed by atoms with van der Waals surface area (Å²) in [5, 5.41) is 2.90. The molecule has 0 unspecified atom stereocenters. The van der Waals surface area contributed by atoms with E-state index in [4.69, 9.17) is 14.2 Å². The van der Waals surface area contributed by atoms with Gasteiger partial charge in [-0.05, 0) is 36.4 Å². The van der Waals surface area contributed by atoms with Crippen molar-refractivity contribution < 1.29 is 19.0 Å². The number of hydrogen-bond donors (Lipinski definition) is 2. The van der Waals surface area contributed by atoms with E-state index in [0.29, 0.717) is 42.6 Å². The molecule has 0 fully saturated rings. The van der Waals surface area contributed by atoms with E-state index >= 15 is 0 Å². The van der Waals surface area contributed by atoms with Crippen LogP contribution in [0.4, 0.5) is 5.69 Å². The molecule has 3 aromatic rings. The van der Waals surface area contributed by atoms with E-state index in [1.165, 1.54) is 0 Å². The van der Waals surface area contributed by atoms with Crippen LogP contribution in [0.5, 0.6) is 11.5 Å². The minimum absolute atomic E-state index is 0.211. The van der Waals surface area contributed by atoms with Gasteiger partial charge in [0.05, 0.1) is 24.2 Å². The molecule has 0 radical (unpaired) electrons. The fourth-order valence-electron chi connectivity index (χ4n) is 2.85. The first kappa shape index (κ1) is 16.4. The number of ether oxygens (including phenoxy) is 3. The summed E-state index contributed by atoms with van der Waals surface area (Å²) in [5.74, 6) is 1.80. The highest BCUT2D eigenvalue weighted by Crippen LogP contribution is 2.30. The quantitative estimate of drug-likeness (QED) is 0.753. The van der Waals surface area contributed by atoms with Crippen molar-refractivity contribution in [1.82, 2.24) is 9.97 Å². The number of hydrogen-bond acceptors (Lipinski definition) is 5. The average molecular weight is 353 g/mol. The van der Waals surface area contributed by atoms with E-state index < -0.39 is 0 Å². The van der Waals surface area contributed by atoms with E-state index in [-0.39, 0.29) is 5.91 Å². The number of benzene rings is 2. The summed E-state index contributed by atoms with van der Waals surface area (Å²) >= 11 is 0. The van der Waals surface area contributed by atoms with E-state index in [1.807, 2.05) is 18.2 Å². The second kappa shape index (κ2) is 7.05. The Kier molecular flexibility index (Phi) is 4.45. The lowest BCUT2D eigenvalue weighted by Crippen LogP contribution is -2.12. The highest BCUT2D eigenvalue weighted by Gasteiger charge is 2.14. The molecule has 0 saturated carbocycles. The molecule has 2 aromatic carbocycles. The summed E-state index contributed by atoms with van der Waals surface area (Å²) in [7, 11) is 1.62. The van der Waals surface area contributed by atoms with Crippen molar-refractivity contribution in [2.45, 2.75) is 13.0 Å².